The lowest BCUT2D eigenvalue weighted by Gasteiger charge is -2.09. The summed E-state index contributed by atoms with van der Waals surface area (Å²) in [7, 11) is 0. The van der Waals surface area contributed by atoms with Gasteiger partial charge in [-0.1, -0.05) is 112 Å². The summed E-state index contributed by atoms with van der Waals surface area (Å²) in [5.74, 6) is 0. The highest BCUT2D eigenvalue weighted by molar-refractivity contribution is 6.67. The van der Waals surface area contributed by atoms with Crippen molar-refractivity contribution in [1.29, 1.82) is 0 Å². The van der Waals surface area contributed by atoms with Crippen LogP contribution in [0.2, 0.25) is 0 Å². The van der Waals surface area contributed by atoms with Crippen molar-refractivity contribution < 1.29 is 0 Å². The number of hydrogen-bond donors (Lipinski definition) is 0. The van der Waals surface area contributed by atoms with E-state index in [1.165, 1.54) is 83.5 Å². The van der Waals surface area contributed by atoms with E-state index >= 15 is 0 Å². The minimum atomic E-state index is -1.05. The van der Waals surface area contributed by atoms with Gasteiger partial charge in [-0.3, -0.25) is 0 Å². The van der Waals surface area contributed by atoms with Crippen molar-refractivity contribution >= 4 is 34.8 Å². The third-order valence-electron chi connectivity index (χ3n) is 3.87. The summed E-state index contributed by atoms with van der Waals surface area (Å²) in [6.07, 6.45) is 21.2. The Morgan fingerprint density at radius 2 is 0.905 bits per heavy atom. The molecule has 0 aliphatic carbocycles. The third kappa shape index (κ3) is 20.6. The topological polar surface area (TPSA) is 0 Å². The fourth-order valence-electron chi connectivity index (χ4n) is 2.56. The molecule has 0 aliphatic rings. The second-order valence-corrected chi connectivity index (χ2v) is 8.55. The lowest BCUT2D eigenvalue weighted by atomic mass is 10.0. The normalized spacial score (nSPS) is 11.8. The van der Waals surface area contributed by atoms with Crippen molar-refractivity contribution in [3.63, 3.8) is 0 Å². The van der Waals surface area contributed by atoms with Crippen LogP contribution in [0, 0.1) is 0 Å². The van der Waals surface area contributed by atoms with Crippen molar-refractivity contribution in [1.82, 2.24) is 0 Å². The number of rotatable bonds is 15. The minimum absolute atomic E-state index is 0.685. The molecule has 0 aliphatic heterocycles. The molecule has 0 spiro atoms. The molecule has 0 saturated carbocycles. The number of unbranched alkanes of at least 4 members (excludes halogenated alkanes) is 13. The van der Waals surface area contributed by atoms with E-state index in [1.807, 2.05) is 6.08 Å². The van der Waals surface area contributed by atoms with Crippen LogP contribution < -0.4 is 0 Å². The predicted octanol–water partition coefficient (Wildman–Crippen LogP) is 8.39. The zero-order valence-corrected chi connectivity index (χ0v) is 15.8. The molecule has 21 heavy (non-hydrogen) atoms. The third-order valence-corrected chi connectivity index (χ3v) is 4.44. The Bertz CT molecular complexity index is 221. The number of alkyl halides is 3. The van der Waals surface area contributed by atoms with E-state index < -0.39 is 3.79 Å². The first-order valence-electron chi connectivity index (χ1n) is 8.74. The Hall–Kier alpha value is 0.610. The highest BCUT2D eigenvalue weighted by atomic mass is 35.6. The average Bonchev–Trinajstić information content (AvgIpc) is 2.42. The lowest BCUT2D eigenvalue weighted by Crippen LogP contribution is -2.00. The fraction of sp³-hybridized carbons (Fsp3) is 0.889. The Morgan fingerprint density at radius 3 is 1.24 bits per heavy atom. The summed E-state index contributed by atoms with van der Waals surface area (Å²) >= 11 is 17.2. The SMILES string of the molecule is C=CCCCCCCCCCCCCCCCC(Cl)(Cl)Cl. The first-order valence-corrected chi connectivity index (χ1v) is 9.87. The molecule has 0 radical (unpaired) electrons. The van der Waals surface area contributed by atoms with Gasteiger partial charge in [0.2, 0.25) is 0 Å². The molecule has 0 fully saturated rings. The van der Waals surface area contributed by atoms with Crippen LogP contribution in [0.4, 0.5) is 0 Å². The van der Waals surface area contributed by atoms with E-state index in [-0.39, 0.29) is 0 Å². The van der Waals surface area contributed by atoms with Gasteiger partial charge >= 0.3 is 0 Å². The second kappa shape index (κ2) is 15.5. The van der Waals surface area contributed by atoms with Gasteiger partial charge in [-0.05, 0) is 25.7 Å². The zero-order chi connectivity index (χ0) is 15.8. The molecule has 0 N–H and O–H groups in total. The highest BCUT2D eigenvalue weighted by Crippen LogP contribution is 2.32. The van der Waals surface area contributed by atoms with Crippen LogP contribution in [0.3, 0.4) is 0 Å². The monoisotopic (exact) mass is 354 g/mol. The van der Waals surface area contributed by atoms with E-state index in [9.17, 15) is 0 Å². The molecule has 0 nitrogen and oxygen atoms in total. The number of hydrogen-bond acceptors (Lipinski definition) is 0. The van der Waals surface area contributed by atoms with Crippen LogP contribution >= 0.6 is 34.8 Å². The van der Waals surface area contributed by atoms with Gasteiger partial charge < -0.3 is 0 Å². The van der Waals surface area contributed by atoms with E-state index in [0.717, 1.165) is 6.42 Å². The second-order valence-electron chi connectivity index (χ2n) is 6.04. The van der Waals surface area contributed by atoms with Gasteiger partial charge in [0.25, 0.3) is 0 Å². The molecule has 0 saturated heterocycles. The smallest absolute Gasteiger partial charge is 0.103 e. The van der Waals surface area contributed by atoms with Crippen LogP contribution in [-0.4, -0.2) is 3.79 Å². The summed E-state index contributed by atoms with van der Waals surface area (Å²) in [5.41, 5.74) is 0. The quantitative estimate of drug-likeness (QED) is 0.157. The summed E-state index contributed by atoms with van der Waals surface area (Å²) in [6.45, 7) is 3.75. The molecule has 0 bridgehead atoms. The van der Waals surface area contributed by atoms with E-state index in [2.05, 4.69) is 6.58 Å². The van der Waals surface area contributed by atoms with Crippen LogP contribution in [0.25, 0.3) is 0 Å². The van der Waals surface area contributed by atoms with E-state index in [0.29, 0.717) is 6.42 Å². The fourth-order valence-corrected chi connectivity index (χ4v) is 2.96. The molecule has 0 aromatic heterocycles. The molecule has 0 rings (SSSR count). The Balaban J connectivity index is 3.01. The van der Waals surface area contributed by atoms with Gasteiger partial charge in [-0.25, -0.2) is 0 Å². The Labute approximate surface area is 147 Å². The van der Waals surface area contributed by atoms with Gasteiger partial charge in [0.1, 0.15) is 0 Å². The van der Waals surface area contributed by atoms with E-state index in [1.54, 1.807) is 0 Å². The van der Waals surface area contributed by atoms with Gasteiger partial charge in [-0.15, -0.1) is 6.58 Å². The van der Waals surface area contributed by atoms with Crippen LogP contribution in [0.15, 0.2) is 12.7 Å². The van der Waals surface area contributed by atoms with Gasteiger partial charge in [-0.2, -0.15) is 0 Å². The predicted molar refractivity (Wildman–Crippen MR) is 99.7 cm³/mol. The molecular weight excluding hydrogens is 323 g/mol. The number of halogens is 3. The Kier molecular flexibility index (Phi) is 16.0. The molecule has 126 valence electrons. The molecular formula is C18H33Cl3. The maximum absolute atomic E-state index is 5.72. The summed E-state index contributed by atoms with van der Waals surface area (Å²) < 4.78 is -1.05. The maximum Gasteiger partial charge on any atom is 0.190 e. The van der Waals surface area contributed by atoms with Crippen molar-refractivity contribution in [3.05, 3.63) is 12.7 Å². The summed E-state index contributed by atoms with van der Waals surface area (Å²) in [6, 6.07) is 0. The average molecular weight is 356 g/mol. The molecule has 0 aromatic rings. The largest absolute Gasteiger partial charge is 0.190 e. The first kappa shape index (κ1) is 21.6. The van der Waals surface area contributed by atoms with Crippen LogP contribution in [-0.2, 0) is 0 Å². The lowest BCUT2D eigenvalue weighted by molar-refractivity contribution is 0.534. The molecule has 0 atom stereocenters. The molecule has 0 heterocycles. The molecule has 0 unspecified atom stereocenters. The summed E-state index contributed by atoms with van der Waals surface area (Å²) in [4.78, 5) is 0. The number of allylic oxidation sites excluding steroid dienone is 1. The van der Waals surface area contributed by atoms with Crippen molar-refractivity contribution in [3.8, 4) is 0 Å². The minimum Gasteiger partial charge on any atom is -0.103 e. The van der Waals surface area contributed by atoms with E-state index in [4.69, 9.17) is 34.8 Å². The van der Waals surface area contributed by atoms with Crippen molar-refractivity contribution in [2.24, 2.45) is 0 Å². The zero-order valence-electron chi connectivity index (χ0n) is 13.5. The van der Waals surface area contributed by atoms with Crippen molar-refractivity contribution in [2.45, 2.75) is 100 Å². The molecule has 0 aromatic carbocycles. The van der Waals surface area contributed by atoms with Gasteiger partial charge in [0.15, 0.2) is 3.79 Å². The Morgan fingerprint density at radius 1 is 0.571 bits per heavy atom. The van der Waals surface area contributed by atoms with Crippen molar-refractivity contribution in [2.75, 3.05) is 0 Å². The standard InChI is InChI=1S/C18H33Cl3/c1-2-3-4-5-6-7-8-9-10-11-12-13-14-15-16-17-18(19,20)21/h2H,1,3-17H2. The highest BCUT2D eigenvalue weighted by Gasteiger charge is 2.17. The summed E-state index contributed by atoms with van der Waals surface area (Å²) in [5, 5.41) is 0. The molecule has 0 amide bonds. The molecule has 3 heteroatoms. The van der Waals surface area contributed by atoms with Crippen LogP contribution in [0.1, 0.15) is 96.3 Å². The van der Waals surface area contributed by atoms with Gasteiger partial charge in [0, 0.05) is 0 Å². The van der Waals surface area contributed by atoms with Crippen LogP contribution in [0.5, 0.6) is 0 Å². The van der Waals surface area contributed by atoms with Gasteiger partial charge in [0.05, 0.1) is 0 Å². The maximum atomic E-state index is 5.72. The first-order chi connectivity index (χ1) is 10.1.